The van der Waals surface area contributed by atoms with Crippen LogP contribution in [0.2, 0.25) is 5.02 Å². The predicted molar refractivity (Wildman–Crippen MR) is 72.4 cm³/mol. The van der Waals surface area contributed by atoms with Gasteiger partial charge in [-0.15, -0.1) is 0 Å². The number of carbonyl (C=O) groups excluding carboxylic acids is 2. The summed E-state index contributed by atoms with van der Waals surface area (Å²) in [5.74, 6) is -0.363. The normalized spacial score (nSPS) is 25.8. The molecular weight excluding hydrogens is 262 g/mol. The fourth-order valence-corrected chi connectivity index (χ4v) is 2.92. The van der Waals surface area contributed by atoms with E-state index in [0.29, 0.717) is 24.4 Å². The summed E-state index contributed by atoms with van der Waals surface area (Å²) in [6.07, 6.45) is 5.37. The lowest BCUT2D eigenvalue weighted by atomic mass is 9.85. The van der Waals surface area contributed by atoms with E-state index in [1.54, 1.807) is 12.1 Å². The van der Waals surface area contributed by atoms with Crippen molar-refractivity contribution in [3.05, 3.63) is 47.0 Å². The third-order valence-corrected chi connectivity index (χ3v) is 4.10. The average molecular weight is 276 g/mol. The van der Waals surface area contributed by atoms with Crippen LogP contribution in [-0.4, -0.2) is 16.7 Å². The Morgan fingerprint density at radius 2 is 1.53 bits per heavy atom. The first kappa shape index (κ1) is 12.4. The van der Waals surface area contributed by atoms with E-state index in [-0.39, 0.29) is 23.7 Å². The van der Waals surface area contributed by atoms with Gasteiger partial charge in [0.15, 0.2) is 0 Å². The molecule has 1 heterocycles. The van der Waals surface area contributed by atoms with Crippen molar-refractivity contribution in [2.24, 2.45) is 11.8 Å². The molecule has 2 aliphatic rings. The number of amides is 2. The molecule has 1 aliphatic heterocycles. The third kappa shape index (κ3) is 2.19. The van der Waals surface area contributed by atoms with Crippen molar-refractivity contribution < 1.29 is 9.59 Å². The molecule has 3 rings (SSSR count). The fraction of sp³-hybridized carbons (Fsp3) is 0.333. The maximum atomic E-state index is 12.3. The molecular formula is C15H14ClNO2. The number of nitrogens with zero attached hydrogens (tertiary/aromatic N) is 1. The second-order valence-corrected chi connectivity index (χ2v) is 5.48. The van der Waals surface area contributed by atoms with E-state index in [1.807, 2.05) is 24.3 Å². The zero-order valence-corrected chi connectivity index (χ0v) is 11.1. The first-order chi connectivity index (χ1) is 9.16. The molecule has 2 amide bonds. The lowest BCUT2D eigenvalue weighted by molar-refractivity contribution is -0.140. The highest BCUT2D eigenvalue weighted by Crippen LogP contribution is 2.35. The van der Waals surface area contributed by atoms with Crippen molar-refractivity contribution in [1.29, 1.82) is 0 Å². The average Bonchev–Trinajstić information content (AvgIpc) is 2.67. The van der Waals surface area contributed by atoms with E-state index in [4.69, 9.17) is 11.6 Å². The Labute approximate surface area is 116 Å². The van der Waals surface area contributed by atoms with Gasteiger partial charge in [0.05, 0.1) is 18.4 Å². The molecule has 0 radical (unpaired) electrons. The molecule has 0 unspecified atom stereocenters. The smallest absolute Gasteiger partial charge is 0.233 e. The van der Waals surface area contributed by atoms with Gasteiger partial charge in [0.25, 0.3) is 0 Å². The van der Waals surface area contributed by atoms with Gasteiger partial charge in [-0.1, -0.05) is 35.9 Å². The Bertz CT molecular complexity index is 524. The van der Waals surface area contributed by atoms with E-state index in [2.05, 4.69) is 0 Å². The van der Waals surface area contributed by atoms with E-state index < -0.39 is 0 Å². The zero-order chi connectivity index (χ0) is 13.4. The molecule has 98 valence electrons. The molecule has 1 aromatic rings. The molecule has 0 N–H and O–H groups in total. The maximum Gasteiger partial charge on any atom is 0.233 e. The van der Waals surface area contributed by atoms with Crippen LogP contribution in [0.4, 0.5) is 0 Å². The number of allylic oxidation sites excluding steroid dienone is 2. The molecule has 0 aromatic heterocycles. The Morgan fingerprint density at radius 3 is 2.05 bits per heavy atom. The van der Waals surface area contributed by atoms with Crippen molar-refractivity contribution in [3.63, 3.8) is 0 Å². The van der Waals surface area contributed by atoms with E-state index in [1.165, 1.54) is 4.90 Å². The number of hydrogen-bond acceptors (Lipinski definition) is 2. The molecule has 19 heavy (non-hydrogen) atoms. The van der Waals surface area contributed by atoms with Crippen LogP contribution < -0.4 is 0 Å². The number of carbonyl (C=O) groups is 2. The van der Waals surface area contributed by atoms with Crippen LogP contribution in [-0.2, 0) is 16.1 Å². The molecule has 0 spiro atoms. The Kier molecular flexibility index (Phi) is 3.15. The first-order valence-corrected chi connectivity index (χ1v) is 6.79. The number of hydrogen-bond donors (Lipinski definition) is 0. The van der Waals surface area contributed by atoms with Gasteiger partial charge in [-0.05, 0) is 30.5 Å². The zero-order valence-electron chi connectivity index (χ0n) is 10.4. The fourth-order valence-electron chi connectivity index (χ4n) is 2.80. The van der Waals surface area contributed by atoms with Crippen LogP contribution in [0.15, 0.2) is 36.4 Å². The molecule has 1 aromatic carbocycles. The minimum absolute atomic E-state index is 0.0331. The number of likely N-dealkylation sites (tertiary alicyclic amines) is 1. The van der Waals surface area contributed by atoms with Crippen LogP contribution in [0, 0.1) is 11.8 Å². The maximum absolute atomic E-state index is 12.3. The van der Waals surface area contributed by atoms with E-state index in [0.717, 1.165) is 5.56 Å². The van der Waals surface area contributed by atoms with Gasteiger partial charge in [-0.3, -0.25) is 14.5 Å². The minimum Gasteiger partial charge on any atom is -0.278 e. The third-order valence-electron chi connectivity index (χ3n) is 3.85. The summed E-state index contributed by atoms with van der Waals surface area (Å²) in [7, 11) is 0. The number of benzene rings is 1. The molecule has 4 heteroatoms. The summed E-state index contributed by atoms with van der Waals surface area (Å²) in [4.78, 5) is 25.9. The highest BCUT2D eigenvalue weighted by molar-refractivity contribution is 6.30. The summed E-state index contributed by atoms with van der Waals surface area (Å²) < 4.78 is 0. The largest absolute Gasteiger partial charge is 0.278 e. The van der Waals surface area contributed by atoms with Crippen molar-refractivity contribution >= 4 is 23.4 Å². The number of rotatable bonds is 2. The Balaban J connectivity index is 1.80. The summed E-state index contributed by atoms with van der Waals surface area (Å²) in [6, 6.07) is 7.25. The summed E-state index contributed by atoms with van der Waals surface area (Å²) in [6.45, 7) is 0.349. The molecule has 0 bridgehead atoms. The van der Waals surface area contributed by atoms with Crippen LogP contribution in [0.1, 0.15) is 18.4 Å². The number of halogens is 1. The van der Waals surface area contributed by atoms with Gasteiger partial charge in [0, 0.05) is 5.02 Å². The van der Waals surface area contributed by atoms with Crippen LogP contribution in [0.5, 0.6) is 0 Å². The van der Waals surface area contributed by atoms with Crippen LogP contribution in [0.25, 0.3) is 0 Å². The number of imide groups is 1. The van der Waals surface area contributed by atoms with Crippen LogP contribution in [0.3, 0.4) is 0 Å². The summed E-state index contributed by atoms with van der Waals surface area (Å²) in [5, 5.41) is 0.653. The van der Waals surface area contributed by atoms with Crippen molar-refractivity contribution in [2.45, 2.75) is 19.4 Å². The number of fused-ring (bicyclic) bond motifs is 1. The molecule has 2 atom stereocenters. The molecule has 1 fully saturated rings. The van der Waals surface area contributed by atoms with E-state index in [9.17, 15) is 9.59 Å². The second-order valence-electron chi connectivity index (χ2n) is 5.04. The van der Waals surface area contributed by atoms with Crippen LogP contribution >= 0.6 is 11.6 Å². The topological polar surface area (TPSA) is 37.4 Å². The Hall–Kier alpha value is -1.61. The monoisotopic (exact) mass is 275 g/mol. The molecule has 1 aliphatic carbocycles. The molecule has 3 nitrogen and oxygen atoms in total. The second kappa shape index (κ2) is 4.82. The molecule has 0 saturated carbocycles. The quantitative estimate of drug-likeness (QED) is 0.615. The lowest BCUT2D eigenvalue weighted by Gasteiger charge is -2.14. The van der Waals surface area contributed by atoms with Gasteiger partial charge in [-0.2, -0.15) is 0 Å². The highest BCUT2D eigenvalue weighted by Gasteiger charge is 2.46. The van der Waals surface area contributed by atoms with Crippen molar-refractivity contribution in [2.75, 3.05) is 0 Å². The van der Waals surface area contributed by atoms with Gasteiger partial charge in [0.1, 0.15) is 0 Å². The van der Waals surface area contributed by atoms with Gasteiger partial charge in [0.2, 0.25) is 11.8 Å². The van der Waals surface area contributed by atoms with Gasteiger partial charge < -0.3 is 0 Å². The SMILES string of the molecule is O=C1[C@H]2CC=CC[C@@H]2C(=O)N1Cc1ccc(Cl)cc1. The summed E-state index contributed by atoms with van der Waals surface area (Å²) in [5.41, 5.74) is 0.928. The standard InChI is InChI=1S/C15H14ClNO2/c16-11-7-5-10(6-8-11)9-17-14(18)12-3-1-2-4-13(12)15(17)19/h1-2,5-8,12-13H,3-4,9H2/t12-,13-/m0/s1. The molecule has 1 saturated heterocycles. The minimum atomic E-state index is -0.148. The summed E-state index contributed by atoms with van der Waals surface area (Å²) >= 11 is 5.83. The highest BCUT2D eigenvalue weighted by atomic mass is 35.5. The van der Waals surface area contributed by atoms with Gasteiger partial charge >= 0.3 is 0 Å². The van der Waals surface area contributed by atoms with Crippen molar-refractivity contribution in [1.82, 2.24) is 4.90 Å². The van der Waals surface area contributed by atoms with Crippen molar-refractivity contribution in [3.8, 4) is 0 Å². The lowest BCUT2D eigenvalue weighted by Crippen LogP contribution is -2.30. The predicted octanol–water partition coefficient (Wildman–Crippen LogP) is 2.79. The van der Waals surface area contributed by atoms with Gasteiger partial charge in [-0.25, -0.2) is 0 Å². The van der Waals surface area contributed by atoms with E-state index >= 15 is 0 Å². The first-order valence-electron chi connectivity index (χ1n) is 6.41. The Morgan fingerprint density at radius 1 is 1.00 bits per heavy atom.